The van der Waals surface area contributed by atoms with Gasteiger partial charge in [-0.1, -0.05) is 72.3 Å². The number of nitrogens with two attached hydrogens (primary N) is 1. The normalized spacial score (nSPS) is 10.4. The van der Waals surface area contributed by atoms with Crippen LogP contribution in [0.4, 0.5) is 5.82 Å². The zero-order chi connectivity index (χ0) is 13.9. The van der Waals surface area contributed by atoms with Crippen molar-refractivity contribution in [3.05, 3.63) is 65.8 Å². The summed E-state index contributed by atoms with van der Waals surface area (Å²) in [5.41, 5.74) is 9.04. The maximum Gasteiger partial charge on any atom is 0.156 e. The summed E-state index contributed by atoms with van der Waals surface area (Å²) in [7, 11) is 0. The lowest BCUT2D eigenvalue weighted by Crippen LogP contribution is -2.00. The fraction of sp³-hybridized carbons (Fsp3) is 0. The smallest absolute Gasteiger partial charge is 0.156 e. The highest BCUT2D eigenvalue weighted by atomic mass is 35.5. The molecule has 0 fully saturated rings. The second kappa shape index (κ2) is 5.31. The Hall–Kier alpha value is -2.39. The van der Waals surface area contributed by atoms with Crippen molar-refractivity contribution in [2.75, 3.05) is 5.73 Å². The molecule has 3 nitrogen and oxygen atoms in total. The van der Waals surface area contributed by atoms with Crippen LogP contribution < -0.4 is 5.73 Å². The van der Waals surface area contributed by atoms with Crippen molar-refractivity contribution in [1.82, 2.24) is 9.97 Å². The maximum absolute atomic E-state index is 6.26. The summed E-state index contributed by atoms with van der Waals surface area (Å²) in [5, 5.41) is 0.351. The molecule has 2 aromatic carbocycles. The van der Waals surface area contributed by atoms with E-state index < -0.39 is 0 Å². The summed E-state index contributed by atoms with van der Waals surface area (Å²) < 4.78 is 0. The SMILES string of the molecule is Nc1nc(-c2ccccc2)c(Cl)nc1-c1ccccc1. The first-order valence-corrected chi connectivity index (χ1v) is 6.57. The van der Waals surface area contributed by atoms with Gasteiger partial charge in [0.1, 0.15) is 11.4 Å². The first kappa shape index (κ1) is 12.6. The lowest BCUT2D eigenvalue weighted by atomic mass is 10.1. The summed E-state index contributed by atoms with van der Waals surface area (Å²) in [6.07, 6.45) is 0. The lowest BCUT2D eigenvalue weighted by molar-refractivity contribution is 1.22. The first-order chi connectivity index (χ1) is 9.75. The average molecular weight is 282 g/mol. The van der Waals surface area contributed by atoms with Crippen LogP contribution in [0, 0.1) is 0 Å². The molecule has 1 aromatic heterocycles. The number of rotatable bonds is 2. The van der Waals surface area contributed by atoms with Gasteiger partial charge in [-0.3, -0.25) is 0 Å². The molecule has 3 rings (SSSR count). The second-order valence-electron chi connectivity index (χ2n) is 4.33. The molecule has 0 saturated carbocycles. The predicted molar refractivity (Wildman–Crippen MR) is 82.3 cm³/mol. The second-order valence-corrected chi connectivity index (χ2v) is 4.69. The molecule has 0 atom stereocenters. The largest absolute Gasteiger partial charge is 0.382 e. The van der Waals surface area contributed by atoms with Crippen molar-refractivity contribution < 1.29 is 0 Å². The Morgan fingerprint density at radius 3 is 1.75 bits per heavy atom. The van der Waals surface area contributed by atoms with Crippen molar-refractivity contribution >= 4 is 17.4 Å². The van der Waals surface area contributed by atoms with E-state index in [-0.39, 0.29) is 0 Å². The van der Waals surface area contributed by atoms with Gasteiger partial charge in [0, 0.05) is 11.1 Å². The molecule has 0 amide bonds. The zero-order valence-electron chi connectivity index (χ0n) is 10.6. The highest BCUT2D eigenvalue weighted by Gasteiger charge is 2.13. The standard InChI is InChI=1S/C16H12ClN3/c17-15-13(11-7-3-1-4-8-11)20-16(18)14(19-15)12-9-5-2-6-10-12/h1-10H,(H2,18,20). The number of nitrogens with zero attached hydrogens (tertiary/aromatic N) is 2. The van der Waals surface area contributed by atoms with Crippen LogP contribution in [0.15, 0.2) is 60.7 Å². The van der Waals surface area contributed by atoms with E-state index in [0.29, 0.717) is 22.4 Å². The molecule has 0 saturated heterocycles. The monoisotopic (exact) mass is 281 g/mol. The highest BCUT2D eigenvalue weighted by Crippen LogP contribution is 2.30. The fourth-order valence-corrected chi connectivity index (χ4v) is 2.25. The maximum atomic E-state index is 6.26. The minimum absolute atomic E-state index is 0.351. The van der Waals surface area contributed by atoms with E-state index in [0.717, 1.165) is 11.1 Å². The Morgan fingerprint density at radius 1 is 0.700 bits per heavy atom. The number of benzene rings is 2. The van der Waals surface area contributed by atoms with Crippen LogP contribution in [0.1, 0.15) is 0 Å². The van der Waals surface area contributed by atoms with Gasteiger partial charge in [-0.05, 0) is 0 Å². The van der Waals surface area contributed by atoms with E-state index in [2.05, 4.69) is 9.97 Å². The molecule has 0 spiro atoms. The molecule has 4 heteroatoms. The molecular weight excluding hydrogens is 270 g/mol. The number of anilines is 1. The van der Waals surface area contributed by atoms with Crippen molar-refractivity contribution in [1.29, 1.82) is 0 Å². The van der Waals surface area contributed by atoms with E-state index in [1.54, 1.807) is 0 Å². The molecule has 2 N–H and O–H groups in total. The summed E-state index contributed by atoms with van der Waals surface area (Å²) >= 11 is 6.26. The molecule has 0 radical (unpaired) electrons. The van der Waals surface area contributed by atoms with Gasteiger partial charge in [-0.15, -0.1) is 0 Å². The molecule has 0 unspecified atom stereocenters. The van der Waals surface area contributed by atoms with Crippen LogP contribution in [-0.2, 0) is 0 Å². The molecule has 0 aliphatic heterocycles. The lowest BCUT2D eigenvalue weighted by Gasteiger charge is -2.09. The molecule has 20 heavy (non-hydrogen) atoms. The number of hydrogen-bond acceptors (Lipinski definition) is 3. The first-order valence-electron chi connectivity index (χ1n) is 6.19. The Kier molecular flexibility index (Phi) is 3.35. The third-order valence-corrected chi connectivity index (χ3v) is 3.24. The van der Waals surface area contributed by atoms with Crippen LogP contribution in [0.2, 0.25) is 5.15 Å². The van der Waals surface area contributed by atoms with Gasteiger partial charge in [0.15, 0.2) is 11.0 Å². The van der Waals surface area contributed by atoms with E-state index in [4.69, 9.17) is 17.3 Å². The van der Waals surface area contributed by atoms with E-state index in [1.165, 1.54) is 0 Å². The fourth-order valence-electron chi connectivity index (χ4n) is 2.02. The minimum Gasteiger partial charge on any atom is -0.382 e. The van der Waals surface area contributed by atoms with E-state index >= 15 is 0 Å². The summed E-state index contributed by atoms with van der Waals surface area (Å²) in [5.74, 6) is 0.374. The van der Waals surface area contributed by atoms with Crippen molar-refractivity contribution in [3.8, 4) is 22.5 Å². The number of aromatic nitrogens is 2. The van der Waals surface area contributed by atoms with Crippen LogP contribution in [0.25, 0.3) is 22.5 Å². The summed E-state index contributed by atoms with van der Waals surface area (Å²) in [4.78, 5) is 8.80. The molecule has 98 valence electrons. The van der Waals surface area contributed by atoms with Gasteiger partial charge in [-0.25, -0.2) is 9.97 Å². The predicted octanol–water partition coefficient (Wildman–Crippen LogP) is 4.05. The van der Waals surface area contributed by atoms with E-state index in [1.807, 2.05) is 60.7 Å². The topological polar surface area (TPSA) is 51.8 Å². The Labute approximate surface area is 122 Å². The molecular formula is C16H12ClN3. The van der Waals surface area contributed by atoms with Crippen molar-refractivity contribution in [2.45, 2.75) is 0 Å². The Morgan fingerprint density at radius 2 is 1.20 bits per heavy atom. The number of halogens is 1. The third kappa shape index (κ3) is 2.36. The van der Waals surface area contributed by atoms with Gasteiger partial charge in [0.2, 0.25) is 0 Å². The van der Waals surface area contributed by atoms with Gasteiger partial charge < -0.3 is 5.73 Å². The zero-order valence-corrected chi connectivity index (χ0v) is 11.4. The van der Waals surface area contributed by atoms with Crippen LogP contribution >= 0.6 is 11.6 Å². The van der Waals surface area contributed by atoms with Crippen LogP contribution in [0.3, 0.4) is 0 Å². The van der Waals surface area contributed by atoms with Gasteiger partial charge >= 0.3 is 0 Å². The van der Waals surface area contributed by atoms with Gasteiger partial charge in [-0.2, -0.15) is 0 Å². The van der Waals surface area contributed by atoms with Crippen molar-refractivity contribution in [2.24, 2.45) is 0 Å². The van der Waals surface area contributed by atoms with Crippen LogP contribution in [-0.4, -0.2) is 9.97 Å². The molecule has 1 heterocycles. The quantitative estimate of drug-likeness (QED) is 0.771. The number of nitrogen functional groups attached to an aromatic ring is 1. The summed E-state index contributed by atoms with van der Waals surface area (Å²) in [6.45, 7) is 0. The average Bonchev–Trinajstić information content (AvgIpc) is 2.51. The summed E-state index contributed by atoms with van der Waals surface area (Å²) in [6, 6.07) is 19.3. The highest BCUT2D eigenvalue weighted by molar-refractivity contribution is 6.32. The van der Waals surface area contributed by atoms with Gasteiger partial charge in [0.05, 0.1) is 0 Å². The van der Waals surface area contributed by atoms with Gasteiger partial charge in [0.25, 0.3) is 0 Å². The minimum atomic E-state index is 0.351. The Balaban J connectivity index is 2.13. The van der Waals surface area contributed by atoms with Crippen LogP contribution in [0.5, 0.6) is 0 Å². The molecule has 0 bridgehead atoms. The third-order valence-electron chi connectivity index (χ3n) is 2.97. The van der Waals surface area contributed by atoms with E-state index in [9.17, 15) is 0 Å². The molecule has 0 aliphatic carbocycles. The number of hydrogen-bond donors (Lipinski definition) is 1. The molecule has 3 aromatic rings. The Bertz CT molecular complexity index is 662. The molecule has 0 aliphatic rings. The van der Waals surface area contributed by atoms with Crippen molar-refractivity contribution in [3.63, 3.8) is 0 Å².